The number of hydrogen-bond donors (Lipinski definition) is 1. The van der Waals surface area contributed by atoms with Crippen LogP contribution in [-0.4, -0.2) is 21.3 Å². The third-order valence-electron chi connectivity index (χ3n) is 4.42. The molecule has 0 bridgehead atoms. The third-order valence-corrected chi connectivity index (χ3v) is 4.42. The van der Waals surface area contributed by atoms with Crippen molar-refractivity contribution in [3.63, 3.8) is 0 Å². The monoisotopic (exact) mass is 250 g/mol. The Hall–Kier alpha value is -0.900. The summed E-state index contributed by atoms with van der Waals surface area (Å²) in [6.07, 6.45) is 3.19. The Morgan fingerprint density at radius 3 is 2.72 bits per heavy atom. The molecule has 0 spiro atoms. The Morgan fingerprint density at radius 1 is 1.39 bits per heavy atom. The normalized spacial score (nSPS) is 21.7. The van der Waals surface area contributed by atoms with Crippen molar-refractivity contribution in [1.82, 2.24) is 14.8 Å². The molecule has 18 heavy (non-hydrogen) atoms. The van der Waals surface area contributed by atoms with E-state index in [4.69, 9.17) is 5.73 Å². The highest BCUT2D eigenvalue weighted by Gasteiger charge is 2.26. The van der Waals surface area contributed by atoms with Gasteiger partial charge >= 0.3 is 0 Å². The summed E-state index contributed by atoms with van der Waals surface area (Å²) < 4.78 is 2.31. The molecule has 0 radical (unpaired) electrons. The number of rotatable bonds is 3. The fourth-order valence-corrected chi connectivity index (χ4v) is 2.37. The molecule has 1 aromatic heterocycles. The Bertz CT molecular complexity index is 402. The molecule has 2 unspecified atom stereocenters. The molecule has 0 aromatic carbocycles. The summed E-state index contributed by atoms with van der Waals surface area (Å²) in [4.78, 5) is 0. The van der Waals surface area contributed by atoms with Crippen molar-refractivity contribution in [2.24, 2.45) is 23.0 Å². The summed E-state index contributed by atoms with van der Waals surface area (Å²) in [5.41, 5.74) is 6.11. The van der Waals surface area contributed by atoms with Gasteiger partial charge in [-0.3, -0.25) is 0 Å². The van der Waals surface area contributed by atoms with Gasteiger partial charge in [0.2, 0.25) is 0 Å². The summed E-state index contributed by atoms with van der Waals surface area (Å²) in [6, 6.07) is 0. The standard InChI is InChI=1S/C14H26N4/c1-10(14(2,3)4)7-13-17-16-12-6-5-11(8-15)9-18(12)13/h10-11H,5-9,15H2,1-4H3. The highest BCUT2D eigenvalue weighted by molar-refractivity contribution is 5.01. The first-order valence-corrected chi connectivity index (χ1v) is 7.03. The molecule has 2 rings (SSSR count). The predicted molar refractivity (Wildman–Crippen MR) is 73.2 cm³/mol. The zero-order valence-electron chi connectivity index (χ0n) is 12.1. The minimum atomic E-state index is 0.314. The number of hydrogen-bond acceptors (Lipinski definition) is 3. The predicted octanol–water partition coefficient (Wildman–Crippen LogP) is 2.02. The van der Waals surface area contributed by atoms with Crippen LogP contribution < -0.4 is 5.73 Å². The maximum Gasteiger partial charge on any atom is 0.133 e. The van der Waals surface area contributed by atoms with E-state index in [-0.39, 0.29) is 0 Å². The van der Waals surface area contributed by atoms with E-state index in [1.165, 1.54) is 0 Å². The first kappa shape index (κ1) is 13.5. The van der Waals surface area contributed by atoms with Gasteiger partial charge in [-0.2, -0.15) is 0 Å². The molecular weight excluding hydrogens is 224 g/mol. The van der Waals surface area contributed by atoms with Crippen LogP contribution in [0.2, 0.25) is 0 Å². The molecule has 2 heterocycles. The largest absolute Gasteiger partial charge is 0.330 e. The van der Waals surface area contributed by atoms with Crippen LogP contribution in [0.25, 0.3) is 0 Å². The summed E-state index contributed by atoms with van der Waals surface area (Å²) in [7, 11) is 0. The van der Waals surface area contributed by atoms with E-state index in [0.29, 0.717) is 17.3 Å². The van der Waals surface area contributed by atoms with Crippen LogP contribution >= 0.6 is 0 Å². The number of nitrogens with two attached hydrogens (primary N) is 1. The van der Waals surface area contributed by atoms with E-state index in [1.54, 1.807) is 0 Å². The van der Waals surface area contributed by atoms with Crippen LogP contribution in [0.1, 0.15) is 45.8 Å². The van der Waals surface area contributed by atoms with Gasteiger partial charge in [-0.1, -0.05) is 27.7 Å². The molecule has 2 N–H and O–H groups in total. The second-order valence-corrected chi connectivity index (χ2v) is 6.75. The molecular formula is C14H26N4. The molecule has 102 valence electrons. The van der Waals surface area contributed by atoms with Gasteiger partial charge in [-0.25, -0.2) is 0 Å². The van der Waals surface area contributed by atoms with Gasteiger partial charge in [0.1, 0.15) is 11.6 Å². The fourth-order valence-electron chi connectivity index (χ4n) is 2.37. The minimum Gasteiger partial charge on any atom is -0.330 e. The van der Waals surface area contributed by atoms with Crippen molar-refractivity contribution in [2.45, 2.75) is 53.5 Å². The lowest BCUT2D eigenvalue weighted by atomic mass is 9.80. The molecule has 0 saturated carbocycles. The van der Waals surface area contributed by atoms with E-state index in [2.05, 4.69) is 42.5 Å². The number of fused-ring (bicyclic) bond motifs is 1. The summed E-state index contributed by atoms with van der Waals surface area (Å²) in [6.45, 7) is 10.9. The molecule has 0 saturated heterocycles. The third kappa shape index (κ3) is 2.74. The molecule has 0 aliphatic carbocycles. The molecule has 1 aromatic rings. The maximum absolute atomic E-state index is 5.80. The minimum absolute atomic E-state index is 0.314. The Balaban J connectivity index is 2.14. The molecule has 1 aliphatic heterocycles. The molecule has 1 aliphatic rings. The van der Waals surface area contributed by atoms with Gasteiger partial charge in [-0.05, 0) is 30.2 Å². The van der Waals surface area contributed by atoms with Crippen LogP contribution in [-0.2, 0) is 19.4 Å². The van der Waals surface area contributed by atoms with Gasteiger partial charge in [0.25, 0.3) is 0 Å². The molecule has 0 amide bonds. The van der Waals surface area contributed by atoms with E-state index >= 15 is 0 Å². The van der Waals surface area contributed by atoms with Crippen molar-refractivity contribution in [1.29, 1.82) is 0 Å². The number of aryl methyl sites for hydroxylation is 1. The van der Waals surface area contributed by atoms with Crippen molar-refractivity contribution >= 4 is 0 Å². The van der Waals surface area contributed by atoms with Gasteiger partial charge in [0.05, 0.1) is 0 Å². The van der Waals surface area contributed by atoms with Crippen molar-refractivity contribution in [3.05, 3.63) is 11.6 Å². The quantitative estimate of drug-likeness (QED) is 0.893. The van der Waals surface area contributed by atoms with Crippen molar-refractivity contribution in [3.8, 4) is 0 Å². The van der Waals surface area contributed by atoms with Gasteiger partial charge in [0.15, 0.2) is 0 Å². The topological polar surface area (TPSA) is 56.7 Å². The van der Waals surface area contributed by atoms with Crippen LogP contribution in [0.5, 0.6) is 0 Å². The zero-order valence-corrected chi connectivity index (χ0v) is 12.1. The molecule has 4 nitrogen and oxygen atoms in total. The van der Waals surface area contributed by atoms with Crippen LogP contribution in [0, 0.1) is 17.3 Å². The molecule has 2 atom stereocenters. The van der Waals surface area contributed by atoms with Crippen molar-refractivity contribution in [2.75, 3.05) is 6.54 Å². The highest BCUT2D eigenvalue weighted by Crippen LogP contribution is 2.29. The van der Waals surface area contributed by atoms with E-state index < -0.39 is 0 Å². The SMILES string of the molecule is CC(Cc1nnc2n1CC(CN)CC2)C(C)(C)C. The lowest BCUT2D eigenvalue weighted by Crippen LogP contribution is -2.28. The highest BCUT2D eigenvalue weighted by atomic mass is 15.3. The number of aromatic nitrogens is 3. The van der Waals surface area contributed by atoms with E-state index in [1.807, 2.05) is 0 Å². The Morgan fingerprint density at radius 2 is 2.11 bits per heavy atom. The maximum atomic E-state index is 5.80. The van der Waals surface area contributed by atoms with E-state index in [0.717, 1.165) is 44.0 Å². The lowest BCUT2D eigenvalue weighted by Gasteiger charge is -2.28. The summed E-state index contributed by atoms with van der Waals surface area (Å²) in [5, 5.41) is 8.72. The van der Waals surface area contributed by atoms with Gasteiger partial charge in [0, 0.05) is 19.4 Å². The Kier molecular flexibility index (Phi) is 3.76. The average Bonchev–Trinajstić information content (AvgIpc) is 2.70. The van der Waals surface area contributed by atoms with Gasteiger partial charge < -0.3 is 10.3 Å². The first-order valence-electron chi connectivity index (χ1n) is 7.03. The Labute approximate surface area is 110 Å². The number of nitrogens with zero attached hydrogens (tertiary/aromatic N) is 3. The van der Waals surface area contributed by atoms with Crippen LogP contribution in [0.3, 0.4) is 0 Å². The average molecular weight is 250 g/mol. The second-order valence-electron chi connectivity index (χ2n) is 6.75. The zero-order chi connectivity index (χ0) is 13.3. The molecule has 4 heteroatoms. The first-order chi connectivity index (χ1) is 8.41. The molecule has 0 fully saturated rings. The second kappa shape index (κ2) is 5.00. The van der Waals surface area contributed by atoms with Crippen LogP contribution in [0.4, 0.5) is 0 Å². The van der Waals surface area contributed by atoms with Gasteiger partial charge in [-0.15, -0.1) is 10.2 Å². The lowest BCUT2D eigenvalue weighted by molar-refractivity contribution is 0.251. The summed E-state index contributed by atoms with van der Waals surface area (Å²) in [5.74, 6) is 3.49. The fraction of sp³-hybridized carbons (Fsp3) is 0.857. The van der Waals surface area contributed by atoms with Crippen molar-refractivity contribution < 1.29 is 0 Å². The smallest absolute Gasteiger partial charge is 0.133 e. The summed E-state index contributed by atoms with van der Waals surface area (Å²) >= 11 is 0. The van der Waals surface area contributed by atoms with E-state index in [9.17, 15) is 0 Å². The van der Waals surface area contributed by atoms with Crippen LogP contribution in [0.15, 0.2) is 0 Å².